The largest absolute Gasteiger partial charge is 0.485 e. The highest BCUT2D eigenvalue weighted by atomic mass is 32.3. The first kappa shape index (κ1) is 24.3. The number of benzene rings is 1. The number of rotatable bonds is 6. The number of aromatic amines is 1. The molecule has 1 aliphatic heterocycles. The standard InChI is InChI=1S/C22H25F3N4O4S/c1-11(14-4-3-5-15(18(14)23)19(24)25)26-20-16-10-17(22(30)29-21(16)28-12(2)27-20)33-13-6-8-34(31,32)9-7-13/h3-5,10-11,13,19,31-32H,6-9H2,1-2H3,(H2,26,27,28,29,30). The second kappa shape index (κ2) is 9.43. The molecular weight excluding hydrogens is 473 g/mol. The molecule has 4 rings (SSSR count). The summed E-state index contributed by atoms with van der Waals surface area (Å²) in [7, 11) is -2.59. The van der Waals surface area contributed by atoms with Crippen LogP contribution in [0.15, 0.2) is 29.1 Å². The summed E-state index contributed by atoms with van der Waals surface area (Å²) in [5.41, 5.74) is -0.903. The third kappa shape index (κ3) is 5.13. The van der Waals surface area contributed by atoms with Crippen molar-refractivity contribution in [1.82, 2.24) is 15.0 Å². The Kier molecular flexibility index (Phi) is 6.74. The van der Waals surface area contributed by atoms with Crippen LogP contribution < -0.4 is 15.6 Å². The number of anilines is 1. The first-order chi connectivity index (χ1) is 16.0. The number of H-pyrrole nitrogens is 1. The quantitative estimate of drug-likeness (QED) is 0.370. The van der Waals surface area contributed by atoms with Gasteiger partial charge in [-0.1, -0.05) is 18.2 Å². The Morgan fingerprint density at radius 2 is 1.88 bits per heavy atom. The van der Waals surface area contributed by atoms with Crippen molar-refractivity contribution in [3.05, 3.63) is 57.4 Å². The van der Waals surface area contributed by atoms with E-state index in [0.29, 0.717) is 24.1 Å². The molecule has 0 radical (unpaired) electrons. The van der Waals surface area contributed by atoms with Gasteiger partial charge < -0.3 is 15.0 Å². The van der Waals surface area contributed by atoms with Gasteiger partial charge in [-0.15, -0.1) is 0 Å². The summed E-state index contributed by atoms with van der Waals surface area (Å²) < 4.78 is 66.3. The van der Waals surface area contributed by atoms with Crippen molar-refractivity contribution < 1.29 is 27.0 Å². The summed E-state index contributed by atoms with van der Waals surface area (Å²) in [5.74, 6) is 0.0534. The van der Waals surface area contributed by atoms with Crippen molar-refractivity contribution in [2.75, 3.05) is 16.8 Å². The maximum Gasteiger partial charge on any atom is 0.291 e. The summed E-state index contributed by atoms with van der Waals surface area (Å²) >= 11 is 0. The smallest absolute Gasteiger partial charge is 0.291 e. The zero-order valence-corrected chi connectivity index (χ0v) is 19.3. The predicted molar refractivity (Wildman–Crippen MR) is 125 cm³/mol. The van der Waals surface area contributed by atoms with E-state index in [-0.39, 0.29) is 40.4 Å². The van der Waals surface area contributed by atoms with Crippen LogP contribution in [0.1, 0.15) is 49.2 Å². The summed E-state index contributed by atoms with van der Waals surface area (Å²) in [6.07, 6.45) is -2.51. The number of hydrogen-bond acceptors (Lipinski definition) is 7. The average Bonchev–Trinajstić information content (AvgIpc) is 2.75. The molecule has 0 spiro atoms. The number of nitrogens with one attached hydrogen (secondary N) is 2. The molecule has 3 aromatic rings. The SMILES string of the molecule is Cc1nc(NC(C)c2cccc(C(F)F)c2F)c2cc(OC3CCS(O)(O)CC3)c(=O)[nH]c2n1. The van der Waals surface area contributed by atoms with E-state index in [1.54, 1.807) is 13.8 Å². The number of alkyl halides is 2. The van der Waals surface area contributed by atoms with Gasteiger partial charge in [-0.05, 0) is 13.8 Å². The summed E-state index contributed by atoms with van der Waals surface area (Å²) in [4.78, 5) is 23.8. The fourth-order valence-electron chi connectivity index (χ4n) is 3.91. The molecule has 0 bridgehead atoms. The molecule has 1 saturated heterocycles. The Morgan fingerprint density at radius 1 is 1.21 bits per heavy atom. The van der Waals surface area contributed by atoms with E-state index in [1.807, 2.05) is 0 Å². The molecule has 0 saturated carbocycles. The van der Waals surface area contributed by atoms with E-state index >= 15 is 0 Å². The monoisotopic (exact) mass is 498 g/mol. The number of nitrogens with zero attached hydrogens (tertiary/aromatic N) is 2. The van der Waals surface area contributed by atoms with Crippen molar-refractivity contribution in [2.45, 2.75) is 45.3 Å². The fourth-order valence-corrected chi connectivity index (χ4v) is 5.40. The van der Waals surface area contributed by atoms with E-state index in [0.717, 1.165) is 6.07 Å². The molecule has 34 heavy (non-hydrogen) atoms. The molecule has 1 aliphatic rings. The van der Waals surface area contributed by atoms with E-state index in [4.69, 9.17) is 4.74 Å². The lowest BCUT2D eigenvalue weighted by Crippen LogP contribution is -2.30. The van der Waals surface area contributed by atoms with E-state index in [9.17, 15) is 27.1 Å². The molecule has 1 atom stereocenters. The van der Waals surface area contributed by atoms with Crippen LogP contribution in [0.25, 0.3) is 11.0 Å². The van der Waals surface area contributed by atoms with Crippen molar-refractivity contribution in [3.63, 3.8) is 0 Å². The third-order valence-electron chi connectivity index (χ3n) is 5.73. The van der Waals surface area contributed by atoms with Gasteiger partial charge in [0.1, 0.15) is 29.2 Å². The molecule has 4 N–H and O–H groups in total. The Labute approximate surface area is 194 Å². The van der Waals surface area contributed by atoms with Gasteiger partial charge in [0.15, 0.2) is 5.75 Å². The lowest BCUT2D eigenvalue weighted by Gasteiger charge is -2.38. The number of hydrogen-bond donors (Lipinski definition) is 4. The van der Waals surface area contributed by atoms with E-state index < -0.39 is 40.0 Å². The number of fused-ring (bicyclic) bond motifs is 1. The van der Waals surface area contributed by atoms with Crippen LogP contribution in [0.2, 0.25) is 0 Å². The summed E-state index contributed by atoms with van der Waals surface area (Å²) in [5, 5.41) is 3.43. The zero-order valence-electron chi connectivity index (χ0n) is 18.5. The molecule has 0 aliphatic carbocycles. The van der Waals surface area contributed by atoms with Gasteiger partial charge in [-0.3, -0.25) is 13.9 Å². The van der Waals surface area contributed by atoms with Gasteiger partial charge in [-0.2, -0.15) is 10.6 Å². The molecule has 3 heterocycles. The lowest BCUT2D eigenvalue weighted by molar-refractivity contribution is 0.146. The highest BCUT2D eigenvalue weighted by molar-refractivity contribution is 8.24. The molecule has 1 aromatic carbocycles. The minimum atomic E-state index is -2.94. The van der Waals surface area contributed by atoms with Crippen molar-refractivity contribution >= 4 is 27.4 Å². The second-order valence-corrected chi connectivity index (χ2v) is 10.7. The zero-order chi connectivity index (χ0) is 24.6. The predicted octanol–water partition coefficient (Wildman–Crippen LogP) is 5.17. The third-order valence-corrected chi connectivity index (χ3v) is 7.51. The van der Waals surface area contributed by atoms with Gasteiger partial charge in [0, 0.05) is 36.0 Å². The van der Waals surface area contributed by atoms with Gasteiger partial charge in [0.2, 0.25) is 0 Å². The minimum absolute atomic E-state index is 0.0184. The highest BCUT2D eigenvalue weighted by Crippen LogP contribution is 2.44. The molecule has 12 heteroatoms. The second-order valence-electron chi connectivity index (χ2n) is 8.29. The summed E-state index contributed by atoms with van der Waals surface area (Å²) in [6, 6.07) is 4.57. The van der Waals surface area contributed by atoms with Crippen LogP contribution in [0.5, 0.6) is 5.75 Å². The molecule has 8 nitrogen and oxygen atoms in total. The van der Waals surface area contributed by atoms with Crippen molar-refractivity contribution in [2.24, 2.45) is 0 Å². The van der Waals surface area contributed by atoms with Crippen LogP contribution in [-0.4, -0.2) is 41.7 Å². The Balaban J connectivity index is 1.66. The lowest BCUT2D eigenvalue weighted by atomic mass is 10.0. The van der Waals surface area contributed by atoms with Crippen LogP contribution in [-0.2, 0) is 0 Å². The molecular formula is C22H25F3N4O4S. The maximum absolute atomic E-state index is 14.6. The van der Waals surface area contributed by atoms with E-state index in [2.05, 4.69) is 20.3 Å². The topological polar surface area (TPSA) is 120 Å². The van der Waals surface area contributed by atoms with Crippen LogP contribution in [0.3, 0.4) is 0 Å². The number of ether oxygens (including phenoxy) is 1. The number of aryl methyl sites for hydroxylation is 1. The first-order valence-corrected chi connectivity index (χ1v) is 12.6. The maximum atomic E-state index is 14.6. The molecule has 0 amide bonds. The number of halogens is 3. The van der Waals surface area contributed by atoms with Crippen LogP contribution in [0, 0.1) is 12.7 Å². The van der Waals surface area contributed by atoms with Crippen LogP contribution >= 0.6 is 10.6 Å². The number of pyridine rings is 1. The van der Waals surface area contributed by atoms with Gasteiger partial charge in [0.05, 0.1) is 17.0 Å². The molecule has 1 unspecified atom stereocenters. The van der Waals surface area contributed by atoms with Crippen molar-refractivity contribution in [3.8, 4) is 5.75 Å². The first-order valence-electron chi connectivity index (χ1n) is 10.7. The summed E-state index contributed by atoms with van der Waals surface area (Å²) in [6.45, 7) is 3.23. The fraction of sp³-hybridized carbons (Fsp3) is 0.409. The Hall–Kier alpha value is -2.83. The average molecular weight is 499 g/mol. The Morgan fingerprint density at radius 3 is 2.56 bits per heavy atom. The van der Waals surface area contributed by atoms with Crippen LogP contribution in [0.4, 0.5) is 19.0 Å². The Bertz CT molecular complexity index is 1260. The minimum Gasteiger partial charge on any atom is -0.485 e. The van der Waals surface area contributed by atoms with Gasteiger partial charge >= 0.3 is 0 Å². The highest BCUT2D eigenvalue weighted by Gasteiger charge is 2.26. The van der Waals surface area contributed by atoms with Crippen molar-refractivity contribution in [1.29, 1.82) is 0 Å². The molecule has 1 fully saturated rings. The van der Waals surface area contributed by atoms with Gasteiger partial charge in [0.25, 0.3) is 12.0 Å². The molecule has 2 aromatic heterocycles. The number of aromatic nitrogens is 3. The normalized spacial score (nSPS) is 18.1. The molecule has 184 valence electrons. The van der Waals surface area contributed by atoms with E-state index in [1.165, 1.54) is 18.2 Å². The van der Waals surface area contributed by atoms with Gasteiger partial charge in [-0.25, -0.2) is 23.1 Å².